The van der Waals surface area contributed by atoms with E-state index in [4.69, 9.17) is 11.6 Å². The van der Waals surface area contributed by atoms with Crippen molar-refractivity contribution in [1.82, 2.24) is 15.0 Å². The lowest BCUT2D eigenvalue weighted by Crippen LogP contribution is -2.41. The Balaban J connectivity index is 1.33. The van der Waals surface area contributed by atoms with E-state index in [0.29, 0.717) is 41.7 Å². The molecule has 1 aromatic heterocycles. The lowest BCUT2D eigenvalue weighted by atomic mass is 9.85. The maximum Gasteiger partial charge on any atom is 0.240 e. The Morgan fingerprint density at radius 3 is 2.45 bits per heavy atom. The molecule has 0 radical (unpaired) electrons. The molecule has 1 amide bonds. The third-order valence-electron chi connectivity index (χ3n) is 6.09. The molecule has 3 aromatic rings. The van der Waals surface area contributed by atoms with Crippen LogP contribution in [0.3, 0.4) is 0 Å². The Hall–Kier alpha value is -2.55. The van der Waals surface area contributed by atoms with Crippen LogP contribution in [0.1, 0.15) is 44.2 Å². The van der Waals surface area contributed by atoms with Gasteiger partial charge in [0.1, 0.15) is 11.0 Å². The van der Waals surface area contributed by atoms with Crippen LogP contribution in [0.2, 0.25) is 5.15 Å². The van der Waals surface area contributed by atoms with E-state index >= 15 is 0 Å². The zero-order valence-electron chi connectivity index (χ0n) is 18.1. The van der Waals surface area contributed by atoms with Gasteiger partial charge in [-0.2, -0.15) is 0 Å². The first-order valence-corrected chi connectivity index (χ1v) is 12.7. The molecule has 1 aliphatic carbocycles. The van der Waals surface area contributed by atoms with Crippen molar-refractivity contribution in [2.45, 2.75) is 49.6 Å². The minimum atomic E-state index is -3.70. The van der Waals surface area contributed by atoms with Gasteiger partial charge >= 0.3 is 0 Å². The number of rotatable bonds is 6. The van der Waals surface area contributed by atoms with Crippen LogP contribution in [0.5, 0.6) is 0 Å². The van der Waals surface area contributed by atoms with Gasteiger partial charge in [-0.3, -0.25) is 4.79 Å². The minimum absolute atomic E-state index is 0.0613. The number of carbonyl (C=O) groups excluding carboxylic acids is 1. The summed E-state index contributed by atoms with van der Waals surface area (Å²) in [6.07, 6.45) is 2.34. The van der Waals surface area contributed by atoms with Gasteiger partial charge < -0.3 is 5.32 Å². The number of halogens is 2. The summed E-state index contributed by atoms with van der Waals surface area (Å²) in [7, 11) is -3.70. The molecule has 6 nitrogen and oxygen atoms in total. The van der Waals surface area contributed by atoms with E-state index in [1.165, 1.54) is 18.2 Å². The van der Waals surface area contributed by atoms with Crippen LogP contribution in [-0.4, -0.2) is 25.4 Å². The second kappa shape index (κ2) is 9.75. The van der Waals surface area contributed by atoms with Crippen LogP contribution in [0.4, 0.5) is 4.39 Å². The van der Waals surface area contributed by atoms with E-state index < -0.39 is 10.0 Å². The molecule has 33 heavy (non-hydrogen) atoms. The summed E-state index contributed by atoms with van der Waals surface area (Å²) in [6.45, 7) is 1.86. The van der Waals surface area contributed by atoms with Crippen molar-refractivity contribution < 1.29 is 17.6 Å². The van der Waals surface area contributed by atoms with Crippen molar-refractivity contribution in [3.05, 3.63) is 71.1 Å². The number of sulfonamides is 1. The fourth-order valence-electron chi connectivity index (χ4n) is 4.17. The molecule has 1 aliphatic rings. The number of benzene rings is 2. The van der Waals surface area contributed by atoms with Crippen LogP contribution in [-0.2, 0) is 14.8 Å². The molecule has 174 valence electrons. The van der Waals surface area contributed by atoms with Gasteiger partial charge in [0.15, 0.2) is 0 Å². The van der Waals surface area contributed by atoms with Crippen molar-refractivity contribution in [2.24, 2.45) is 5.92 Å². The SMILES string of the molecule is C[C@@H](NC(=O)C1CCC(NS(=O)(=O)c2ccc3nc(Cl)ccc3c2)CC1)c1ccc(F)cc1. The van der Waals surface area contributed by atoms with Gasteiger partial charge in [0.05, 0.1) is 16.5 Å². The van der Waals surface area contributed by atoms with Gasteiger partial charge in [-0.1, -0.05) is 23.7 Å². The molecule has 2 N–H and O–H groups in total. The number of aromatic nitrogens is 1. The minimum Gasteiger partial charge on any atom is -0.349 e. The number of amides is 1. The predicted octanol–water partition coefficient (Wildman–Crippen LogP) is 4.74. The van der Waals surface area contributed by atoms with Gasteiger partial charge in [-0.25, -0.2) is 22.5 Å². The fraction of sp³-hybridized carbons (Fsp3) is 0.333. The van der Waals surface area contributed by atoms with Crippen LogP contribution < -0.4 is 10.0 Å². The summed E-state index contributed by atoms with van der Waals surface area (Å²) in [4.78, 5) is 17.0. The smallest absolute Gasteiger partial charge is 0.240 e. The molecule has 1 saturated carbocycles. The number of hydrogen-bond donors (Lipinski definition) is 2. The number of nitrogens with one attached hydrogen (secondary N) is 2. The molecule has 1 atom stereocenters. The van der Waals surface area contributed by atoms with Crippen molar-refractivity contribution >= 4 is 38.4 Å². The Morgan fingerprint density at radius 1 is 1.06 bits per heavy atom. The van der Waals surface area contributed by atoms with Crippen LogP contribution in [0, 0.1) is 11.7 Å². The van der Waals surface area contributed by atoms with Crippen molar-refractivity contribution in [3.8, 4) is 0 Å². The monoisotopic (exact) mass is 489 g/mol. The average Bonchev–Trinajstić information content (AvgIpc) is 2.79. The molecule has 0 spiro atoms. The predicted molar refractivity (Wildman–Crippen MR) is 126 cm³/mol. The largest absolute Gasteiger partial charge is 0.349 e. The summed E-state index contributed by atoms with van der Waals surface area (Å²) in [6, 6.07) is 13.7. The van der Waals surface area contributed by atoms with E-state index in [9.17, 15) is 17.6 Å². The Kier molecular flexibility index (Phi) is 6.97. The van der Waals surface area contributed by atoms with E-state index in [2.05, 4.69) is 15.0 Å². The normalized spacial score (nSPS) is 19.8. The maximum atomic E-state index is 13.1. The molecule has 2 aromatic carbocycles. The van der Waals surface area contributed by atoms with Crippen molar-refractivity contribution in [3.63, 3.8) is 0 Å². The van der Waals surface area contributed by atoms with Gasteiger partial charge in [-0.05, 0) is 80.6 Å². The summed E-state index contributed by atoms with van der Waals surface area (Å²) >= 11 is 5.89. The highest BCUT2D eigenvalue weighted by Gasteiger charge is 2.30. The van der Waals surface area contributed by atoms with E-state index in [1.807, 2.05) is 6.92 Å². The lowest BCUT2D eigenvalue weighted by Gasteiger charge is -2.29. The van der Waals surface area contributed by atoms with Gasteiger partial charge in [0.2, 0.25) is 15.9 Å². The molecule has 1 fully saturated rings. The molecule has 0 bridgehead atoms. The molecular weight excluding hydrogens is 465 g/mol. The number of hydrogen-bond acceptors (Lipinski definition) is 4. The third-order valence-corrected chi connectivity index (χ3v) is 7.81. The molecule has 0 saturated heterocycles. The topological polar surface area (TPSA) is 88.2 Å². The van der Waals surface area contributed by atoms with E-state index in [-0.39, 0.29) is 34.6 Å². The number of nitrogens with zero attached hydrogens (tertiary/aromatic N) is 1. The number of carbonyl (C=O) groups is 1. The van der Waals surface area contributed by atoms with Crippen LogP contribution in [0.15, 0.2) is 59.5 Å². The van der Waals surface area contributed by atoms with E-state index in [0.717, 1.165) is 5.56 Å². The van der Waals surface area contributed by atoms with Gasteiger partial charge in [0.25, 0.3) is 0 Å². The highest BCUT2D eigenvalue weighted by molar-refractivity contribution is 7.89. The molecular formula is C24H25ClFN3O3S. The molecule has 9 heteroatoms. The highest BCUT2D eigenvalue weighted by atomic mass is 35.5. The lowest BCUT2D eigenvalue weighted by molar-refractivity contribution is -0.126. The number of pyridine rings is 1. The zero-order chi connectivity index (χ0) is 23.6. The zero-order valence-corrected chi connectivity index (χ0v) is 19.7. The quantitative estimate of drug-likeness (QED) is 0.489. The molecule has 0 unspecified atom stereocenters. The second-order valence-corrected chi connectivity index (χ2v) is 10.5. The summed E-state index contributed by atoms with van der Waals surface area (Å²) in [5.41, 5.74) is 1.46. The summed E-state index contributed by atoms with van der Waals surface area (Å²) < 4.78 is 41.7. The Bertz CT molecular complexity index is 1260. The van der Waals surface area contributed by atoms with Gasteiger partial charge in [0, 0.05) is 17.3 Å². The first kappa shape index (κ1) is 23.6. The average molecular weight is 490 g/mol. The Labute approximate surface area is 197 Å². The summed E-state index contributed by atoms with van der Waals surface area (Å²) in [5, 5.41) is 4.02. The third kappa shape index (κ3) is 5.69. The van der Waals surface area contributed by atoms with Crippen molar-refractivity contribution in [2.75, 3.05) is 0 Å². The standard InChI is InChI=1S/C24H25ClFN3O3S/c1-15(16-2-7-19(26)8-3-16)27-24(30)17-4-9-20(10-5-17)29-33(31,32)21-11-12-22-18(14-21)6-13-23(25)28-22/h2-3,6-8,11-15,17,20,29H,4-5,9-10H2,1H3,(H,27,30)/t15-,17?,20?/m1/s1. The maximum absolute atomic E-state index is 13.1. The highest BCUT2D eigenvalue weighted by Crippen LogP contribution is 2.27. The van der Waals surface area contributed by atoms with Crippen LogP contribution in [0.25, 0.3) is 10.9 Å². The summed E-state index contributed by atoms with van der Waals surface area (Å²) in [5.74, 6) is -0.554. The number of fused-ring (bicyclic) bond motifs is 1. The molecule has 0 aliphatic heterocycles. The van der Waals surface area contributed by atoms with Crippen LogP contribution >= 0.6 is 11.6 Å². The molecule has 1 heterocycles. The van der Waals surface area contributed by atoms with Crippen molar-refractivity contribution in [1.29, 1.82) is 0 Å². The molecule has 4 rings (SSSR count). The fourth-order valence-corrected chi connectivity index (χ4v) is 5.67. The first-order chi connectivity index (χ1) is 15.7. The first-order valence-electron chi connectivity index (χ1n) is 10.9. The van der Waals surface area contributed by atoms with Gasteiger partial charge in [-0.15, -0.1) is 0 Å². The van der Waals surface area contributed by atoms with E-state index in [1.54, 1.807) is 36.4 Å². The second-order valence-electron chi connectivity index (χ2n) is 8.44. The Morgan fingerprint density at radius 2 is 1.76 bits per heavy atom.